The molecule has 3 aromatic rings. The smallest absolute Gasteiger partial charge is 0.243 e. The van der Waals surface area contributed by atoms with E-state index in [0.717, 1.165) is 5.75 Å². The minimum absolute atomic E-state index is 0. The summed E-state index contributed by atoms with van der Waals surface area (Å²) in [4.78, 5) is 1.42. The van der Waals surface area contributed by atoms with E-state index >= 15 is 0 Å². The summed E-state index contributed by atoms with van der Waals surface area (Å²) in [6.07, 6.45) is 4.80. The zero-order valence-corrected chi connectivity index (χ0v) is 15.6. The van der Waals surface area contributed by atoms with Gasteiger partial charge >= 0.3 is 0 Å². The molecule has 0 radical (unpaired) electrons. The molecule has 0 saturated carbocycles. The van der Waals surface area contributed by atoms with Gasteiger partial charge in [-0.25, -0.2) is 4.58 Å². The lowest BCUT2D eigenvalue weighted by Crippen LogP contribution is -3.00. The lowest BCUT2D eigenvalue weighted by molar-refractivity contribution is -0.504. The van der Waals surface area contributed by atoms with Crippen molar-refractivity contribution in [1.82, 2.24) is 4.57 Å². The van der Waals surface area contributed by atoms with Crippen LogP contribution >= 0.6 is 11.3 Å². The maximum absolute atomic E-state index is 5.29. The first-order valence-electron chi connectivity index (χ1n) is 8.43. The highest BCUT2D eigenvalue weighted by atomic mass is 35.5. The Morgan fingerprint density at radius 1 is 1.08 bits per heavy atom. The predicted molar refractivity (Wildman–Crippen MR) is 98.1 cm³/mol. The highest BCUT2D eigenvalue weighted by molar-refractivity contribution is 7.13. The molecular weight excluding hydrogens is 352 g/mol. The zero-order valence-electron chi connectivity index (χ0n) is 14.0. The van der Waals surface area contributed by atoms with Gasteiger partial charge in [0.15, 0.2) is 0 Å². The van der Waals surface area contributed by atoms with Crippen LogP contribution in [0.3, 0.4) is 0 Å². The van der Waals surface area contributed by atoms with Crippen LogP contribution < -0.4 is 17.1 Å². The normalized spacial score (nSPS) is 15.1. The van der Waals surface area contributed by atoms with Crippen LogP contribution in [0, 0.1) is 0 Å². The van der Waals surface area contributed by atoms with Crippen LogP contribution in [-0.4, -0.2) is 35.1 Å². The van der Waals surface area contributed by atoms with Gasteiger partial charge in [-0.05, 0) is 29.8 Å². The number of rotatable bonds is 2. The van der Waals surface area contributed by atoms with E-state index in [0.29, 0.717) is 0 Å². The Bertz CT molecular complexity index is 944. The Morgan fingerprint density at radius 3 is 2.56 bits per heavy atom. The molecule has 1 aromatic carbocycles. The first-order chi connectivity index (χ1) is 11.9. The average molecular weight is 371 g/mol. The van der Waals surface area contributed by atoms with E-state index in [1.807, 2.05) is 23.5 Å². The van der Waals surface area contributed by atoms with Crippen LogP contribution in [0.2, 0.25) is 0 Å². The molecule has 25 heavy (non-hydrogen) atoms. The van der Waals surface area contributed by atoms with Crippen molar-refractivity contribution in [2.24, 2.45) is 0 Å². The number of hydrogen-bond acceptors (Lipinski definition) is 2. The number of methoxy groups -OCH3 is 1. The van der Waals surface area contributed by atoms with Crippen molar-refractivity contribution >= 4 is 17.0 Å². The molecule has 0 amide bonds. The van der Waals surface area contributed by atoms with E-state index in [2.05, 4.69) is 45.0 Å². The van der Waals surface area contributed by atoms with Crippen molar-refractivity contribution < 1.29 is 21.7 Å². The van der Waals surface area contributed by atoms with Crippen molar-refractivity contribution in [2.75, 3.05) is 20.2 Å². The summed E-state index contributed by atoms with van der Waals surface area (Å²) < 4.78 is 10.2. The maximum Gasteiger partial charge on any atom is 0.243 e. The van der Waals surface area contributed by atoms with Crippen molar-refractivity contribution in [3.63, 3.8) is 0 Å². The molecule has 5 rings (SSSR count). The standard InChI is InChI=1S/C20H19N2OS.ClH/c1-23-15-8-6-14(7-9-15)16-13-24-20-18(16)22-12-4-5-17(22)19(20)21-10-2-3-11-21;/h4-9,12-13H,2-3,10-11H2,1H3;1H/q+1;/p-1. The van der Waals surface area contributed by atoms with Crippen LogP contribution in [0.25, 0.3) is 16.8 Å². The molecule has 2 aromatic heterocycles. The van der Waals surface area contributed by atoms with E-state index in [1.54, 1.807) is 7.11 Å². The Hall–Kier alpha value is -2.04. The highest BCUT2D eigenvalue weighted by Gasteiger charge is 2.36. The molecule has 4 heterocycles. The molecule has 2 aliphatic rings. The molecule has 2 aliphatic heterocycles. The quantitative estimate of drug-likeness (QED) is 0.484. The van der Waals surface area contributed by atoms with Crippen LogP contribution in [0.5, 0.6) is 5.75 Å². The van der Waals surface area contributed by atoms with Gasteiger partial charge in [0.05, 0.1) is 12.8 Å². The van der Waals surface area contributed by atoms with Crippen LogP contribution in [0.15, 0.2) is 48.0 Å². The predicted octanol–water partition coefficient (Wildman–Crippen LogP) is 1.18. The van der Waals surface area contributed by atoms with E-state index in [9.17, 15) is 0 Å². The summed E-state index contributed by atoms with van der Waals surface area (Å²) >= 11 is 1.87. The first kappa shape index (κ1) is 16.4. The molecule has 0 unspecified atom stereocenters. The molecule has 0 aliphatic carbocycles. The van der Waals surface area contributed by atoms with Gasteiger partial charge in [0.25, 0.3) is 0 Å². The molecule has 0 atom stereocenters. The monoisotopic (exact) mass is 370 g/mol. The number of fused-ring (bicyclic) bond motifs is 3. The number of thiophene rings is 1. The second-order valence-electron chi connectivity index (χ2n) is 6.36. The van der Waals surface area contributed by atoms with Gasteiger partial charge in [0, 0.05) is 30.0 Å². The zero-order chi connectivity index (χ0) is 16.1. The van der Waals surface area contributed by atoms with Crippen LogP contribution in [0.4, 0.5) is 0 Å². The lowest BCUT2D eigenvalue weighted by Gasteiger charge is -2.05. The van der Waals surface area contributed by atoms with Crippen molar-refractivity contribution in [1.29, 1.82) is 0 Å². The first-order valence-corrected chi connectivity index (χ1v) is 9.31. The van der Waals surface area contributed by atoms with Gasteiger partial charge in [-0.2, -0.15) is 0 Å². The van der Waals surface area contributed by atoms with Gasteiger partial charge in [0.1, 0.15) is 29.4 Å². The fraction of sp³-hybridized carbons (Fsp3) is 0.250. The molecule has 0 N–H and O–H groups in total. The summed E-state index contributed by atoms with van der Waals surface area (Å²) in [6.45, 7) is 2.35. The van der Waals surface area contributed by atoms with E-state index in [1.165, 1.54) is 59.0 Å². The fourth-order valence-corrected chi connectivity index (χ4v) is 5.01. The molecule has 128 valence electrons. The van der Waals surface area contributed by atoms with E-state index in [4.69, 9.17) is 4.74 Å². The molecule has 0 bridgehead atoms. The second-order valence-corrected chi connectivity index (χ2v) is 7.24. The van der Waals surface area contributed by atoms with E-state index < -0.39 is 0 Å². The molecular formula is C20H19ClN2OS. The van der Waals surface area contributed by atoms with Crippen molar-refractivity contribution in [2.45, 2.75) is 12.8 Å². The minimum Gasteiger partial charge on any atom is -1.00 e. The maximum atomic E-state index is 5.29. The van der Waals surface area contributed by atoms with Crippen LogP contribution in [0.1, 0.15) is 23.4 Å². The Kier molecular flexibility index (Phi) is 4.18. The molecule has 0 spiro atoms. The van der Waals surface area contributed by atoms with Gasteiger partial charge in [-0.1, -0.05) is 12.1 Å². The fourth-order valence-electron chi connectivity index (χ4n) is 3.87. The summed E-state index contributed by atoms with van der Waals surface area (Å²) in [5, 5.41) is 2.30. The Morgan fingerprint density at radius 2 is 1.84 bits per heavy atom. The summed E-state index contributed by atoms with van der Waals surface area (Å²) in [5.41, 5.74) is 6.66. The van der Waals surface area contributed by atoms with Crippen molar-refractivity contribution in [3.8, 4) is 22.6 Å². The molecule has 1 saturated heterocycles. The molecule has 3 nitrogen and oxygen atoms in total. The number of ether oxygens (including phenoxy) is 1. The average Bonchev–Trinajstić information content (AvgIpc) is 3.37. The van der Waals surface area contributed by atoms with E-state index in [-0.39, 0.29) is 12.4 Å². The Balaban J connectivity index is 0.00000157. The number of halogens is 1. The Labute approximate surface area is 157 Å². The number of hydrogen-bond donors (Lipinski definition) is 0. The summed E-state index contributed by atoms with van der Waals surface area (Å²) in [7, 11) is 1.71. The third-order valence-electron chi connectivity index (χ3n) is 5.04. The minimum atomic E-state index is 0. The summed E-state index contributed by atoms with van der Waals surface area (Å²) in [5.74, 6) is 0.900. The van der Waals surface area contributed by atoms with Crippen molar-refractivity contribution in [3.05, 3.63) is 58.5 Å². The SMILES string of the molecule is COc1ccc(-c2csc3c2-n2cccc2C3=[N+]2CCCC2)cc1.[Cl-]. The molecule has 5 heteroatoms. The second kappa shape index (κ2) is 6.36. The number of nitrogens with zero attached hydrogens (tertiary/aromatic N) is 2. The topological polar surface area (TPSA) is 17.2 Å². The van der Waals surface area contributed by atoms with Crippen LogP contribution in [-0.2, 0) is 0 Å². The third-order valence-corrected chi connectivity index (χ3v) is 6.01. The molecule has 1 fully saturated rings. The number of aromatic nitrogens is 1. The van der Waals surface area contributed by atoms with Gasteiger partial charge < -0.3 is 21.7 Å². The lowest BCUT2D eigenvalue weighted by atomic mass is 10.1. The summed E-state index contributed by atoms with van der Waals surface area (Å²) in [6, 6.07) is 12.8. The number of benzene rings is 1. The third kappa shape index (κ3) is 2.43. The largest absolute Gasteiger partial charge is 1.00 e. The van der Waals surface area contributed by atoms with Gasteiger partial charge in [-0.3, -0.25) is 0 Å². The van der Waals surface area contributed by atoms with Gasteiger partial charge in [-0.15, -0.1) is 11.3 Å². The highest BCUT2D eigenvalue weighted by Crippen LogP contribution is 2.41. The van der Waals surface area contributed by atoms with Gasteiger partial charge in [0.2, 0.25) is 5.71 Å².